The Hall–Kier alpha value is -4.38. The van der Waals surface area contributed by atoms with Crippen LogP contribution in [0.15, 0.2) is 88.7 Å². The number of imidazole rings is 1. The van der Waals surface area contributed by atoms with Crippen LogP contribution in [0.5, 0.6) is 0 Å². The second-order valence-corrected chi connectivity index (χ2v) is 9.75. The first-order valence-electron chi connectivity index (χ1n) is 10.8. The Balaban J connectivity index is 1.26. The Morgan fingerprint density at radius 3 is 2.47 bits per heavy atom. The number of halogens is 2. The Bertz CT molecular complexity index is 1630. The number of nitrogens with zero attached hydrogens (tertiary/aromatic N) is 4. The van der Waals surface area contributed by atoms with Gasteiger partial charge in [-0.2, -0.15) is 4.98 Å². The van der Waals surface area contributed by atoms with Crippen LogP contribution >= 0.6 is 0 Å². The molecule has 0 bridgehead atoms. The van der Waals surface area contributed by atoms with E-state index in [0.717, 1.165) is 28.8 Å². The molecule has 3 aromatic carbocycles. The Morgan fingerprint density at radius 2 is 1.75 bits per heavy atom. The van der Waals surface area contributed by atoms with Crippen molar-refractivity contribution in [1.29, 1.82) is 0 Å². The normalized spacial score (nSPS) is 11.5. The topological polar surface area (TPSA) is 103 Å². The number of hydrogen-bond donors (Lipinski definition) is 1. The van der Waals surface area contributed by atoms with Crippen molar-refractivity contribution in [3.8, 4) is 23.0 Å². The lowest BCUT2D eigenvalue weighted by molar-refractivity contribution is 0.431. The van der Waals surface area contributed by atoms with E-state index in [-0.39, 0.29) is 5.69 Å². The van der Waals surface area contributed by atoms with Crippen LogP contribution in [0.1, 0.15) is 11.1 Å². The van der Waals surface area contributed by atoms with Gasteiger partial charge in [0, 0.05) is 30.1 Å². The molecule has 0 aliphatic rings. The van der Waals surface area contributed by atoms with E-state index < -0.39 is 26.6 Å². The van der Waals surface area contributed by atoms with Gasteiger partial charge in [0.2, 0.25) is 5.82 Å². The van der Waals surface area contributed by atoms with Crippen LogP contribution in [0.4, 0.5) is 14.5 Å². The maximum Gasteiger partial charge on any atom is 0.278 e. The zero-order chi connectivity index (χ0) is 25.3. The van der Waals surface area contributed by atoms with Gasteiger partial charge in [0.05, 0.1) is 6.33 Å². The first-order chi connectivity index (χ1) is 17.3. The van der Waals surface area contributed by atoms with Gasteiger partial charge in [-0.1, -0.05) is 47.1 Å². The van der Waals surface area contributed by atoms with Gasteiger partial charge in [-0.25, -0.2) is 22.2 Å². The van der Waals surface area contributed by atoms with E-state index in [4.69, 9.17) is 4.52 Å². The average Bonchev–Trinajstić information content (AvgIpc) is 3.50. The molecule has 36 heavy (non-hydrogen) atoms. The fourth-order valence-electron chi connectivity index (χ4n) is 3.50. The Morgan fingerprint density at radius 1 is 1.00 bits per heavy atom. The van der Waals surface area contributed by atoms with Crippen LogP contribution in [0.2, 0.25) is 0 Å². The molecule has 182 valence electrons. The second-order valence-electron chi connectivity index (χ2n) is 8.10. The summed E-state index contributed by atoms with van der Waals surface area (Å²) in [4.78, 5) is 8.11. The van der Waals surface area contributed by atoms with Gasteiger partial charge >= 0.3 is 0 Å². The van der Waals surface area contributed by atoms with Crippen LogP contribution in [0, 0.1) is 18.6 Å². The predicted octanol–water partition coefficient (Wildman–Crippen LogP) is 5.04. The van der Waals surface area contributed by atoms with Crippen molar-refractivity contribution in [1.82, 2.24) is 19.7 Å². The van der Waals surface area contributed by atoms with Crippen molar-refractivity contribution >= 4 is 15.7 Å². The molecular formula is C25H19F2N5O3S. The number of aromatic nitrogens is 4. The maximum atomic E-state index is 13.9. The quantitative estimate of drug-likeness (QED) is 0.331. The summed E-state index contributed by atoms with van der Waals surface area (Å²) < 4.78 is 61.4. The molecule has 0 amide bonds. The molecule has 5 aromatic rings. The van der Waals surface area contributed by atoms with E-state index in [1.807, 2.05) is 35.8 Å². The highest BCUT2D eigenvalue weighted by molar-refractivity contribution is 7.92. The van der Waals surface area contributed by atoms with E-state index in [2.05, 4.69) is 19.8 Å². The fraction of sp³-hybridized carbons (Fsp3) is 0.0800. The molecule has 0 saturated carbocycles. The molecule has 5 rings (SSSR count). The summed E-state index contributed by atoms with van der Waals surface area (Å²) in [5.74, 6) is -1.26. The molecular weight excluding hydrogens is 488 g/mol. The third-order valence-electron chi connectivity index (χ3n) is 5.34. The van der Waals surface area contributed by atoms with Gasteiger partial charge in [-0.15, -0.1) is 0 Å². The maximum absolute atomic E-state index is 13.9. The number of anilines is 1. The van der Waals surface area contributed by atoms with Crippen LogP contribution < -0.4 is 4.72 Å². The summed E-state index contributed by atoms with van der Waals surface area (Å²) in [7, 11) is -4.21. The summed E-state index contributed by atoms with van der Waals surface area (Å²) in [5, 5.41) is 4.02. The van der Waals surface area contributed by atoms with Crippen LogP contribution in [-0.2, 0) is 16.6 Å². The molecule has 0 aliphatic heterocycles. The van der Waals surface area contributed by atoms with Crippen LogP contribution in [0.25, 0.3) is 23.0 Å². The highest BCUT2D eigenvalue weighted by Crippen LogP contribution is 2.23. The highest BCUT2D eigenvalue weighted by Gasteiger charge is 2.20. The largest absolute Gasteiger partial charge is 0.332 e. The van der Waals surface area contributed by atoms with Gasteiger partial charge in [0.25, 0.3) is 15.9 Å². The summed E-state index contributed by atoms with van der Waals surface area (Å²) in [6.07, 6.45) is 3.39. The number of aryl methyl sites for hydroxylation is 1. The standard InChI is InChI=1S/C25H19F2N5O3S/c1-16-2-6-18(7-3-16)24-29-25(35-30-24)22-14-32(15-28-22)13-17-4-9-20(10-5-17)31-36(33,34)23-11-8-19(26)12-21(23)27/h2-12,14-15,31H,13H2,1H3. The first kappa shape index (κ1) is 23.4. The molecule has 1 N–H and O–H groups in total. The molecule has 0 saturated heterocycles. The molecule has 0 radical (unpaired) electrons. The summed E-state index contributed by atoms with van der Waals surface area (Å²) in [6, 6.07) is 16.6. The van der Waals surface area contributed by atoms with Gasteiger partial charge in [-0.05, 0) is 36.8 Å². The number of benzene rings is 3. The molecule has 0 spiro atoms. The molecule has 0 fully saturated rings. The number of nitrogens with one attached hydrogen (secondary N) is 1. The summed E-state index contributed by atoms with van der Waals surface area (Å²) >= 11 is 0. The molecule has 11 heteroatoms. The van der Waals surface area contributed by atoms with Crippen molar-refractivity contribution in [2.24, 2.45) is 0 Å². The van der Waals surface area contributed by atoms with Gasteiger partial charge in [0.1, 0.15) is 22.2 Å². The number of hydrogen-bond acceptors (Lipinski definition) is 6. The third-order valence-corrected chi connectivity index (χ3v) is 6.76. The van der Waals surface area contributed by atoms with E-state index >= 15 is 0 Å². The molecule has 0 unspecified atom stereocenters. The minimum Gasteiger partial charge on any atom is -0.332 e. The van der Waals surface area contributed by atoms with E-state index in [1.54, 1.807) is 36.8 Å². The highest BCUT2D eigenvalue weighted by atomic mass is 32.2. The van der Waals surface area contributed by atoms with Gasteiger partial charge in [-0.3, -0.25) is 4.72 Å². The van der Waals surface area contributed by atoms with E-state index in [0.29, 0.717) is 30.0 Å². The lowest BCUT2D eigenvalue weighted by Crippen LogP contribution is -2.14. The van der Waals surface area contributed by atoms with Gasteiger partial charge < -0.3 is 9.09 Å². The summed E-state index contributed by atoms with van der Waals surface area (Å²) in [6.45, 7) is 2.45. The number of sulfonamides is 1. The van der Waals surface area contributed by atoms with E-state index in [1.165, 1.54) is 0 Å². The summed E-state index contributed by atoms with van der Waals surface area (Å²) in [5.41, 5.74) is 3.59. The molecule has 0 atom stereocenters. The zero-order valence-corrected chi connectivity index (χ0v) is 19.7. The Kier molecular flexibility index (Phi) is 6.06. The van der Waals surface area contributed by atoms with Crippen molar-refractivity contribution in [2.75, 3.05) is 4.72 Å². The fourth-order valence-corrected chi connectivity index (χ4v) is 4.62. The van der Waals surface area contributed by atoms with Crippen molar-refractivity contribution in [2.45, 2.75) is 18.4 Å². The average molecular weight is 508 g/mol. The predicted molar refractivity (Wildman–Crippen MR) is 128 cm³/mol. The minimum atomic E-state index is -4.21. The monoisotopic (exact) mass is 507 g/mol. The molecule has 2 aromatic heterocycles. The zero-order valence-electron chi connectivity index (χ0n) is 18.9. The number of rotatable bonds is 7. The van der Waals surface area contributed by atoms with Gasteiger partial charge in [0.15, 0.2) is 0 Å². The SMILES string of the molecule is Cc1ccc(-c2noc(-c3cn(Cc4ccc(NS(=O)(=O)c5ccc(F)cc5F)cc4)cn3)n2)cc1. The smallest absolute Gasteiger partial charge is 0.278 e. The second kappa shape index (κ2) is 9.34. The molecule has 0 aliphatic carbocycles. The lowest BCUT2D eigenvalue weighted by atomic mass is 10.1. The lowest BCUT2D eigenvalue weighted by Gasteiger charge is -2.10. The van der Waals surface area contributed by atoms with Crippen LogP contribution in [-0.4, -0.2) is 28.1 Å². The molecule has 8 nitrogen and oxygen atoms in total. The van der Waals surface area contributed by atoms with E-state index in [9.17, 15) is 17.2 Å². The van der Waals surface area contributed by atoms with Crippen LogP contribution in [0.3, 0.4) is 0 Å². The van der Waals surface area contributed by atoms with Crippen molar-refractivity contribution in [3.63, 3.8) is 0 Å². The Labute approximate surface area is 205 Å². The van der Waals surface area contributed by atoms with Crippen molar-refractivity contribution in [3.05, 3.63) is 102 Å². The van der Waals surface area contributed by atoms with Crippen molar-refractivity contribution < 1.29 is 21.7 Å². The first-order valence-corrected chi connectivity index (χ1v) is 12.2. The molecule has 2 heterocycles. The third kappa shape index (κ3) is 5.01. The minimum absolute atomic E-state index is 0.239.